The van der Waals surface area contributed by atoms with Gasteiger partial charge in [-0.2, -0.15) is 13.2 Å². The molecule has 0 spiro atoms. The molecule has 0 aliphatic carbocycles. The average molecular weight is 527 g/mol. The molecule has 36 heavy (non-hydrogen) atoms. The molecule has 2 rings (SSSR count). The Morgan fingerprint density at radius 2 is 1.56 bits per heavy atom. The topological polar surface area (TPSA) is 30.0 Å². The third-order valence-corrected chi connectivity index (χ3v) is 7.14. The van der Waals surface area contributed by atoms with E-state index in [0.717, 1.165) is 70.0 Å². The number of amides is 1. The van der Waals surface area contributed by atoms with Crippen molar-refractivity contribution in [3.05, 3.63) is 59.3 Å². The fourth-order valence-electron chi connectivity index (χ4n) is 4.42. The van der Waals surface area contributed by atoms with E-state index in [4.69, 9.17) is 0 Å². The first-order valence-corrected chi connectivity index (χ1v) is 13.5. The Hall–Kier alpha value is -2.13. The molecule has 2 saturated heterocycles. The van der Waals surface area contributed by atoms with Gasteiger partial charge in [0.25, 0.3) is 0 Å². The number of carbonyl (C=O) groups is 1. The van der Waals surface area contributed by atoms with Crippen LogP contribution in [0, 0.1) is 0 Å². The van der Waals surface area contributed by atoms with E-state index in [2.05, 4.69) is 27.4 Å². The van der Waals surface area contributed by atoms with Crippen LogP contribution in [0.5, 0.6) is 0 Å². The molecule has 0 aromatic rings. The summed E-state index contributed by atoms with van der Waals surface area (Å²) >= 11 is -0.0930. The fourth-order valence-corrected chi connectivity index (χ4v) is 4.92. The lowest BCUT2D eigenvalue weighted by Gasteiger charge is -2.36. The Morgan fingerprint density at radius 1 is 0.917 bits per heavy atom. The number of nitrogens with zero attached hydrogens (tertiary/aromatic N) is 4. The van der Waals surface area contributed by atoms with Gasteiger partial charge in [0.1, 0.15) is 0 Å². The summed E-state index contributed by atoms with van der Waals surface area (Å²) in [5.41, 5.74) is -2.20. The second kappa shape index (κ2) is 15.2. The molecule has 2 aliphatic heterocycles. The number of piperazine rings is 1. The maximum Gasteiger partial charge on any atom is 0.446 e. The monoisotopic (exact) mass is 526 g/mol. The molecule has 0 saturated carbocycles. The van der Waals surface area contributed by atoms with Gasteiger partial charge in [-0.3, -0.25) is 9.69 Å². The maximum atomic E-state index is 12.8. The number of allylic oxidation sites excluding steroid dienone is 8. The highest BCUT2D eigenvalue weighted by Crippen LogP contribution is 2.35. The minimum atomic E-state index is -4.27. The summed E-state index contributed by atoms with van der Waals surface area (Å²) in [5, 5.41) is 0. The predicted octanol–water partition coefficient (Wildman–Crippen LogP) is 5.63. The van der Waals surface area contributed by atoms with Crippen molar-refractivity contribution < 1.29 is 18.0 Å². The molecule has 1 amide bonds. The molecular formula is C27H41F3N4OS. The molecule has 202 valence electrons. The molecule has 2 aliphatic rings. The van der Waals surface area contributed by atoms with E-state index in [9.17, 15) is 18.0 Å². The van der Waals surface area contributed by atoms with Crippen LogP contribution >= 0.6 is 11.8 Å². The van der Waals surface area contributed by atoms with Crippen LogP contribution in [-0.4, -0.2) is 89.9 Å². The van der Waals surface area contributed by atoms with Crippen LogP contribution in [0.3, 0.4) is 0 Å². The van der Waals surface area contributed by atoms with Gasteiger partial charge >= 0.3 is 5.51 Å². The van der Waals surface area contributed by atoms with Gasteiger partial charge < -0.3 is 14.7 Å². The number of hydrogen-bond donors (Lipinski definition) is 0. The number of alkyl halides is 3. The molecule has 5 nitrogen and oxygen atoms in total. The molecule has 2 fully saturated rings. The Labute approximate surface area is 219 Å². The van der Waals surface area contributed by atoms with Crippen molar-refractivity contribution in [2.45, 2.75) is 45.5 Å². The van der Waals surface area contributed by atoms with Crippen LogP contribution in [0.4, 0.5) is 13.2 Å². The smallest absolute Gasteiger partial charge is 0.373 e. The molecule has 2 heterocycles. The first kappa shape index (κ1) is 30.1. The van der Waals surface area contributed by atoms with Gasteiger partial charge in [-0.15, -0.1) is 0 Å². The zero-order valence-corrected chi connectivity index (χ0v) is 22.7. The van der Waals surface area contributed by atoms with Crippen molar-refractivity contribution in [2.75, 3.05) is 58.9 Å². The molecule has 0 atom stereocenters. The van der Waals surface area contributed by atoms with Crippen LogP contribution in [0.1, 0.15) is 40.0 Å². The molecule has 0 N–H and O–H groups in total. The second-order valence-electron chi connectivity index (χ2n) is 9.11. The first-order chi connectivity index (χ1) is 17.1. The highest BCUT2D eigenvalue weighted by atomic mass is 32.2. The Morgan fingerprint density at radius 3 is 2.19 bits per heavy atom. The van der Waals surface area contributed by atoms with Crippen LogP contribution in [0.2, 0.25) is 0 Å². The molecular weight excluding hydrogens is 485 g/mol. The number of halogens is 3. The molecule has 0 radical (unpaired) electrons. The summed E-state index contributed by atoms with van der Waals surface area (Å²) in [5.74, 6) is 0.192. The molecule has 0 aromatic heterocycles. The van der Waals surface area contributed by atoms with Crippen molar-refractivity contribution >= 4 is 17.7 Å². The van der Waals surface area contributed by atoms with Crippen molar-refractivity contribution in [1.29, 1.82) is 0 Å². The number of hydrogen-bond acceptors (Lipinski definition) is 5. The summed E-state index contributed by atoms with van der Waals surface area (Å²) in [6.07, 6.45) is 13.5. The normalized spacial score (nSPS) is 19.7. The highest BCUT2D eigenvalue weighted by molar-refractivity contribution is 8.03. The number of thioether (sulfide) groups is 1. The van der Waals surface area contributed by atoms with E-state index >= 15 is 0 Å². The predicted molar refractivity (Wildman–Crippen MR) is 144 cm³/mol. The molecule has 0 aromatic carbocycles. The number of rotatable bonds is 10. The van der Waals surface area contributed by atoms with Gasteiger partial charge in [-0.25, -0.2) is 0 Å². The fraction of sp³-hybridized carbons (Fsp3) is 0.593. The lowest BCUT2D eigenvalue weighted by Crippen LogP contribution is -2.46. The molecule has 0 unspecified atom stereocenters. The third kappa shape index (κ3) is 10.9. The summed E-state index contributed by atoms with van der Waals surface area (Å²) in [7, 11) is 0. The lowest BCUT2D eigenvalue weighted by molar-refractivity contribution is -0.131. The molecule has 9 heteroatoms. The number of carbonyl (C=O) groups excluding carboxylic acids is 1. The van der Waals surface area contributed by atoms with Gasteiger partial charge in [0, 0.05) is 70.2 Å². The zero-order valence-electron chi connectivity index (χ0n) is 21.9. The standard InChI is InChI=1S/C27H41F3N4OS/c1-5-7-10-25(6-2)33-19-17-31(18-20-33)14-8-11-26(35)34-16-9-15-32(21-22-34)23(3)12-13-24(4)36-27(28,29)30/h5-7,10,12-13H,2,8-9,11,14-22H2,1,3-4H3/b7-5-,23-12+,24-13+,25-10+. The molecule has 0 bridgehead atoms. The van der Waals surface area contributed by atoms with Crippen molar-refractivity contribution in [3.8, 4) is 0 Å². The zero-order chi connectivity index (χ0) is 26.6. The summed E-state index contributed by atoms with van der Waals surface area (Å²) in [6.45, 7) is 17.0. The van der Waals surface area contributed by atoms with Gasteiger partial charge in [-0.1, -0.05) is 24.8 Å². The highest BCUT2D eigenvalue weighted by Gasteiger charge is 2.28. The Balaban J connectivity index is 1.73. The Kier molecular flexibility index (Phi) is 12.7. The van der Waals surface area contributed by atoms with Crippen LogP contribution < -0.4 is 0 Å². The van der Waals surface area contributed by atoms with Crippen LogP contribution in [-0.2, 0) is 4.79 Å². The quantitative estimate of drug-likeness (QED) is 0.345. The largest absolute Gasteiger partial charge is 0.446 e. The van der Waals surface area contributed by atoms with E-state index in [0.29, 0.717) is 19.5 Å². The minimum absolute atomic E-state index is 0.0930. The van der Waals surface area contributed by atoms with Crippen molar-refractivity contribution in [1.82, 2.24) is 19.6 Å². The maximum absolute atomic E-state index is 12.8. The van der Waals surface area contributed by atoms with Gasteiger partial charge in [0.15, 0.2) is 0 Å². The van der Waals surface area contributed by atoms with E-state index in [-0.39, 0.29) is 22.6 Å². The average Bonchev–Trinajstić information content (AvgIpc) is 3.09. The van der Waals surface area contributed by atoms with Gasteiger partial charge in [0.2, 0.25) is 5.91 Å². The minimum Gasteiger partial charge on any atom is -0.373 e. The van der Waals surface area contributed by atoms with E-state index in [1.54, 1.807) is 6.08 Å². The van der Waals surface area contributed by atoms with Crippen molar-refractivity contribution in [2.24, 2.45) is 0 Å². The summed E-state index contributed by atoms with van der Waals surface area (Å²) < 4.78 is 37.5. The first-order valence-electron chi connectivity index (χ1n) is 12.7. The van der Waals surface area contributed by atoms with Gasteiger partial charge in [-0.05, 0) is 75.1 Å². The van der Waals surface area contributed by atoms with Crippen molar-refractivity contribution in [3.63, 3.8) is 0 Å². The van der Waals surface area contributed by atoms with E-state index < -0.39 is 5.51 Å². The SMILES string of the molecule is C=C/C(=C\C=C/C)N1CCN(CCCC(=O)N2CCCN(/C(C)=C/C=C(\C)SC(F)(F)F)CC2)CC1. The van der Waals surface area contributed by atoms with E-state index in [1.807, 2.05) is 37.0 Å². The van der Waals surface area contributed by atoms with Crippen LogP contribution in [0.15, 0.2) is 59.3 Å². The Bertz CT molecular complexity index is 842. The van der Waals surface area contributed by atoms with Gasteiger partial charge in [0.05, 0.1) is 0 Å². The second-order valence-corrected chi connectivity index (χ2v) is 10.4. The summed E-state index contributed by atoms with van der Waals surface area (Å²) in [4.78, 5) is 21.9. The lowest BCUT2D eigenvalue weighted by atomic mass is 10.2. The summed E-state index contributed by atoms with van der Waals surface area (Å²) in [6, 6.07) is 0. The van der Waals surface area contributed by atoms with E-state index in [1.165, 1.54) is 13.0 Å². The third-order valence-electron chi connectivity index (χ3n) is 6.45. The van der Waals surface area contributed by atoms with Crippen LogP contribution in [0.25, 0.3) is 0 Å².